The average Bonchev–Trinajstić information content (AvgIpc) is 2.25. The molecule has 2 aliphatic rings. The van der Waals surface area contributed by atoms with Gasteiger partial charge in [0.15, 0.2) is 0 Å². The van der Waals surface area contributed by atoms with Crippen LogP contribution in [0.4, 0.5) is 0 Å². The summed E-state index contributed by atoms with van der Waals surface area (Å²) < 4.78 is 10.4. The maximum Gasteiger partial charge on any atom is 0.136 e. The summed E-state index contributed by atoms with van der Waals surface area (Å²) >= 11 is 0. The van der Waals surface area contributed by atoms with E-state index in [1.165, 1.54) is 0 Å². The quantitative estimate of drug-likeness (QED) is 0.541. The van der Waals surface area contributed by atoms with Crippen LogP contribution in [-0.4, -0.2) is 47.8 Å². The van der Waals surface area contributed by atoms with Crippen LogP contribution >= 0.6 is 0 Å². The third-order valence-corrected chi connectivity index (χ3v) is 2.34. The second-order valence-electron chi connectivity index (χ2n) is 2.99. The first-order valence-electron chi connectivity index (χ1n) is 3.66. The maximum atomic E-state index is 9.52. The number of rotatable bonds is 1. The summed E-state index contributed by atoms with van der Waals surface area (Å²) in [5.41, 5.74) is -0.848. The van der Waals surface area contributed by atoms with Crippen molar-refractivity contribution in [3.8, 4) is 0 Å². The molecule has 4 nitrogen and oxygen atoms in total. The molecule has 0 amide bonds. The van der Waals surface area contributed by atoms with Crippen LogP contribution in [0, 0.1) is 37.5 Å². The van der Waals surface area contributed by atoms with Gasteiger partial charge < -0.3 is 19.7 Å². The Hall–Kier alpha value is 0.892. The smallest absolute Gasteiger partial charge is 0.136 e. The average molecular weight is 397 g/mol. The minimum Gasteiger partial charge on any atom is -0.404 e. The summed E-state index contributed by atoms with van der Waals surface area (Å²) in [4.78, 5) is 0. The molecule has 0 aromatic carbocycles. The van der Waals surface area contributed by atoms with E-state index in [2.05, 4.69) is 0 Å². The number of aliphatic hydroxyl groups is 2. The van der Waals surface area contributed by atoms with Crippen LogP contribution < -0.4 is 0 Å². The first kappa shape index (κ1) is 11.0. The fraction of sp³-hybridized carbons (Fsp3) is 0.857. The molecule has 12 heavy (non-hydrogen) atoms. The standard InChI is InChI=1S/C7H11O4.U/c8-3-7-4-10-5(6(7)9)1-2-11-7;/h1,5-6,8-9H,2-4H2;/q-1;. The number of hydrogen-bond donors (Lipinski definition) is 2. The Morgan fingerprint density at radius 2 is 2.33 bits per heavy atom. The van der Waals surface area contributed by atoms with E-state index in [9.17, 15) is 5.11 Å². The summed E-state index contributed by atoms with van der Waals surface area (Å²) in [6, 6.07) is 0. The van der Waals surface area contributed by atoms with Gasteiger partial charge in [-0.1, -0.05) is 6.61 Å². The molecule has 68 valence electrons. The fourth-order valence-corrected chi connectivity index (χ4v) is 1.53. The Labute approximate surface area is 94.6 Å². The van der Waals surface area contributed by atoms with Crippen molar-refractivity contribution in [2.45, 2.75) is 17.8 Å². The predicted octanol–water partition coefficient (Wildman–Crippen LogP) is -1.29. The van der Waals surface area contributed by atoms with Gasteiger partial charge >= 0.3 is 0 Å². The van der Waals surface area contributed by atoms with Crippen molar-refractivity contribution >= 4 is 0 Å². The van der Waals surface area contributed by atoms with Crippen molar-refractivity contribution in [1.82, 2.24) is 0 Å². The molecular weight excluding hydrogens is 386 g/mol. The van der Waals surface area contributed by atoms with E-state index in [1.807, 2.05) is 0 Å². The van der Waals surface area contributed by atoms with Crippen molar-refractivity contribution in [2.75, 3.05) is 19.8 Å². The van der Waals surface area contributed by atoms with Gasteiger partial charge in [0.05, 0.1) is 19.3 Å². The molecule has 2 fully saturated rings. The van der Waals surface area contributed by atoms with E-state index in [-0.39, 0.29) is 50.4 Å². The van der Waals surface area contributed by atoms with Crippen molar-refractivity contribution in [1.29, 1.82) is 0 Å². The zero-order valence-electron chi connectivity index (χ0n) is 6.56. The fourth-order valence-electron chi connectivity index (χ4n) is 1.53. The van der Waals surface area contributed by atoms with Gasteiger partial charge in [0, 0.05) is 31.1 Å². The van der Waals surface area contributed by atoms with Crippen LogP contribution in [0.25, 0.3) is 0 Å². The van der Waals surface area contributed by atoms with E-state index < -0.39 is 11.7 Å². The van der Waals surface area contributed by atoms with E-state index in [0.717, 1.165) is 0 Å². The molecular formula is C7H11O4U-. The summed E-state index contributed by atoms with van der Waals surface area (Å²) in [7, 11) is 0. The van der Waals surface area contributed by atoms with Crippen molar-refractivity contribution in [2.24, 2.45) is 0 Å². The number of aliphatic hydroxyl groups excluding tert-OH is 2. The molecule has 0 saturated carbocycles. The molecule has 0 radical (unpaired) electrons. The summed E-state index contributed by atoms with van der Waals surface area (Å²) in [6.45, 7) is 0.548. The van der Waals surface area contributed by atoms with Crippen LogP contribution in [0.2, 0.25) is 0 Å². The van der Waals surface area contributed by atoms with Gasteiger partial charge in [-0.2, -0.15) is 0 Å². The van der Waals surface area contributed by atoms with Gasteiger partial charge in [-0.05, 0) is 6.10 Å². The maximum absolute atomic E-state index is 9.52. The van der Waals surface area contributed by atoms with Gasteiger partial charge in [-0.25, -0.2) is 0 Å². The van der Waals surface area contributed by atoms with Gasteiger partial charge in [0.1, 0.15) is 5.60 Å². The van der Waals surface area contributed by atoms with E-state index in [1.54, 1.807) is 6.42 Å². The van der Waals surface area contributed by atoms with Crippen LogP contribution in [0.15, 0.2) is 0 Å². The minimum absolute atomic E-state index is 0. The summed E-state index contributed by atoms with van der Waals surface area (Å²) in [5.74, 6) is 0. The molecule has 5 heteroatoms. The molecule has 2 saturated heterocycles. The van der Waals surface area contributed by atoms with E-state index in [4.69, 9.17) is 14.6 Å². The second-order valence-corrected chi connectivity index (χ2v) is 2.99. The second kappa shape index (κ2) is 3.95. The van der Waals surface area contributed by atoms with Crippen LogP contribution in [0.5, 0.6) is 0 Å². The Morgan fingerprint density at radius 1 is 1.58 bits per heavy atom. The molecule has 0 aliphatic carbocycles. The van der Waals surface area contributed by atoms with Gasteiger partial charge in [0.25, 0.3) is 0 Å². The Morgan fingerprint density at radius 3 is 2.92 bits per heavy atom. The van der Waals surface area contributed by atoms with Gasteiger partial charge in [0.2, 0.25) is 0 Å². The molecule has 2 N–H and O–H groups in total. The van der Waals surface area contributed by atoms with Crippen molar-refractivity contribution in [3.63, 3.8) is 0 Å². The first-order chi connectivity index (χ1) is 5.28. The molecule has 3 unspecified atom stereocenters. The topological polar surface area (TPSA) is 58.9 Å². The van der Waals surface area contributed by atoms with Crippen LogP contribution in [0.1, 0.15) is 0 Å². The summed E-state index contributed by atoms with van der Waals surface area (Å²) in [5, 5.41) is 18.5. The largest absolute Gasteiger partial charge is 0.404 e. The molecule has 2 bridgehead atoms. The third-order valence-electron chi connectivity index (χ3n) is 2.34. The molecule has 2 aliphatic heterocycles. The Balaban J connectivity index is 0.000000720. The Kier molecular flexibility index (Phi) is 3.61. The van der Waals surface area contributed by atoms with Gasteiger partial charge in [-0.15, -0.1) is 0 Å². The number of hydrogen-bond acceptors (Lipinski definition) is 4. The van der Waals surface area contributed by atoms with Crippen molar-refractivity contribution < 1.29 is 50.8 Å². The molecule has 0 aromatic rings. The zero-order valence-corrected chi connectivity index (χ0v) is 10.7. The minimum atomic E-state index is -0.848. The zero-order chi connectivity index (χ0) is 7.90. The molecule has 0 spiro atoms. The van der Waals surface area contributed by atoms with Gasteiger partial charge in [-0.3, -0.25) is 6.42 Å². The number of ether oxygens (including phenoxy) is 2. The SMILES string of the molecule is OCC12COC([CH-]CO1)C2O.[U]. The number of fused-ring (bicyclic) bond motifs is 2. The molecule has 2 heterocycles. The predicted molar refractivity (Wildman–Crippen MR) is 35.8 cm³/mol. The molecule has 0 aromatic heterocycles. The first-order valence-corrected chi connectivity index (χ1v) is 3.66. The Bertz CT molecular complexity index is 161. The molecule has 2 rings (SSSR count). The summed E-state index contributed by atoms with van der Waals surface area (Å²) in [6.07, 6.45) is 0.808. The van der Waals surface area contributed by atoms with Crippen LogP contribution in [-0.2, 0) is 9.47 Å². The van der Waals surface area contributed by atoms with E-state index in [0.29, 0.717) is 6.61 Å². The van der Waals surface area contributed by atoms with Crippen molar-refractivity contribution in [3.05, 3.63) is 6.42 Å². The van der Waals surface area contributed by atoms with Crippen LogP contribution in [0.3, 0.4) is 0 Å². The monoisotopic (exact) mass is 397 g/mol. The molecule has 3 atom stereocenters. The normalized spacial score (nSPS) is 45.5. The third kappa shape index (κ3) is 1.47. The van der Waals surface area contributed by atoms with E-state index >= 15 is 0 Å².